The van der Waals surface area contributed by atoms with Crippen LogP contribution in [0.1, 0.15) is 11.4 Å². The number of aryl methyl sites for hydroxylation is 2. The lowest BCUT2D eigenvalue weighted by atomic mass is 10.2. The van der Waals surface area contributed by atoms with Crippen LogP contribution in [0, 0.1) is 13.8 Å². The van der Waals surface area contributed by atoms with Gasteiger partial charge in [-0.05, 0) is 38.1 Å². The van der Waals surface area contributed by atoms with E-state index in [2.05, 4.69) is 20.1 Å². The summed E-state index contributed by atoms with van der Waals surface area (Å²) in [6.45, 7) is 4.07. The van der Waals surface area contributed by atoms with Crippen molar-refractivity contribution in [2.45, 2.75) is 13.8 Å². The minimum Gasteiger partial charge on any atom is -0.286 e. The van der Waals surface area contributed by atoms with Crippen molar-refractivity contribution in [1.29, 1.82) is 0 Å². The van der Waals surface area contributed by atoms with Crippen LogP contribution in [0.25, 0.3) is 22.9 Å². The summed E-state index contributed by atoms with van der Waals surface area (Å²) in [5, 5.41) is 4.90. The molecule has 0 atom stereocenters. The first-order chi connectivity index (χ1) is 11.1. The summed E-state index contributed by atoms with van der Waals surface area (Å²) in [6.07, 6.45) is 5.05. The number of pyridine rings is 1. The molecule has 0 aromatic carbocycles. The molecule has 114 valence electrons. The molecule has 23 heavy (non-hydrogen) atoms. The van der Waals surface area contributed by atoms with Crippen LogP contribution in [0.4, 0.5) is 0 Å². The van der Waals surface area contributed by atoms with Crippen molar-refractivity contribution in [3.8, 4) is 17.2 Å². The van der Waals surface area contributed by atoms with E-state index in [1.54, 1.807) is 10.7 Å². The van der Waals surface area contributed by atoms with Crippen LogP contribution in [-0.2, 0) is 0 Å². The minimum absolute atomic E-state index is 0.364. The van der Waals surface area contributed by atoms with Gasteiger partial charge in [0.15, 0.2) is 5.65 Å². The molecule has 0 unspecified atom stereocenters. The first kappa shape index (κ1) is 13.9. The van der Waals surface area contributed by atoms with Gasteiger partial charge in [-0.2, -0.15) is 4.98 Å². The van der Waals surface area contributed by atoms with Gasteiger partial charge in [0.05, 0.1) is 18.1 Å². The molecule has 0 saturated carbocycles. The molecule has 0 bridgehead atoms. The van der Waals surface area contributed by atoms with E-state index < -0.39 is 0 Å². The van der Waals surface area contributed by atoms with E-state index in [0.717, 1.165) is 22.6 Å². The van der Waals surface area contributed by atoms with Crippen molar-refractivity contribution in [2.24, 2.45) is 0 Å². The lowest BCUT2D eigenvalue weighted by Crippen LogP contribution is -2.01. The van der Waals surface area contributed by atoms with E-state index in [9.17, 15) is 0 Å². The Kier molecular flexibility index (Phi) is 3.12. The third-order valence-electron chi connectivity index (χ3n) is 3.70. The fraction of sp³-hybridized carbons (Fsp3) is 0.125. The second-order valence-corrected chi connectivity index (χ2v) is 5.70. The fourth-order valence-corrected chi connectivity index (χ4v) is 2.74. The molecule has 0 fully saturated rings. The predicted molar refractivity (Wildman–Crippen MR) is 87.8 cm³/mol. The molecule has 0 saturated heterocycles. The second kappa shape index (κ2) is 5.17. The van der Waals surface area contributed by atoms with Gasteiger partial charge in [-0.15, -0.1) is 5.10 Å². The molecular weight excluding hydrogens is 312 g/mol. The largest absolute Gasteiger partial charge is 0.286 e. The maximum atomic E-state index is 5.91. The van der Waals surface area contributed by atoms with Crippen LogP contribution in [0.15, 0.2) is 42.9 Å². The lowest BCUT2D eigenvalue weighted by molar-refractivity contribution is 0.851. The summed E-state index contributed by atoms with van der Waals surface area (Å²) in [5.41, 5.74) is 4.54. The molecule has 0 amide bonds. The molecule has 0 aliphatic heterocycles. The molecular formula is C16H13ClN6. The Balaban J connectivity index is 1.84. The molecule has 4 rings (SSSR count). The Morgan fingerprint density at radius 2 is 1.78 bits per heavy atom. The molecule has 7 heteroatoms. The van der Waals surface area contributed by atoms with E-state index in [4.69, 9.17) is 11.6 Å². The summed E-state index contributed by atoms with van der Waals surface area (Å²) in [4.78, 5) is 13.0. The van der Waals surface area contributed by atoms with Gasteiger partial charge >= 0.3 is 0 Å². The molecule has 0 aliphatic rings. The molecule has 0 N–H and O–H groups in total. The Bertz CT molecular complexity index is 997. The normalized spacial score (nSPS) is 11.3. The number of nitrogens with zero attached hydrogens (tertiary/aromatic N) is 6. The van der Waals surface area contributed by atoms with Gasteiger partial charge in [0.25, 0.3) is 5.95 Å². The zero-order valence-electron chi connectivity index (χ0n) is 12.6. The Hall–Kier alpha value is -2.73. The zero-order chi connectivity index (χ0) is 16.0. The van der Waals surface area contributed by atoms with Crippen molar-refractivity contribution < 1.29 is 0 Å². The Morgan fingerprint density at radius 1 is 1.00 bits per heavy atom. The summed E-state index contributed by atoms with van der Waals surface area (Å²) in [7, 11) is 0. The van der Waals surface area contributed by atoms with E-state index in [-0.39, 0.29) is 0 Å². The number of halogens is 1. The van der Waals surface area contributed by atoms with Gasteiger partial charge in [-0.25, -0.2) is 9.50 Å². The third kappa shape index (κ3) is 2.37. The van der Waals surface area contributed by atoms with Gasteiger partial charge < -0.3 is 0 Å². The van der Waals surface area contributed by atoms with Crippen molar-refractivity contribution in [3.63, 3.8) is 0 Å². The quantitative estimate of drug-likeness (QED) is 0.568. The van der Waals surface area contributed by atoms with Gasteiger partial charge in [-0.3, -0.25) is 9.55 Å². The Morgan fingerprint density at radius 3 is 2.52 bits per heavy atom. The zero-order valence-corrected chi connectivity index (χ0v) is 13.4. The van der Waals surface area contributed by atoms with Gasteiger partial charge in [0.2, 0.25) is 0 Å². The van der Waals surface area contributed by atoms with Gasteiger partial charge in [0, 0.05) is 23.1 Å². The highest BCUT2D eigenvalue weighted by Gasteiger charge is 2.11. The van der Waals surface area contributed by atoms with E-state index in [1.807, 2.05) is 48.9 Å². The average molecular weight is 325 g/mol. The van der Waals surface area contributed by atoms with Crippen molar-refractivity contribution in [1.82, 2.24) is 29.1 Å². The van der Waals surface area contributed by atoms with Crippen LogP contribution in [0.5, 0.6) is 0 Å². The minimum atomic E-state index is 0.364. The van der Waals surface area contributed by atoms with Crippen LogP contribution < -0.4 is 0 Å². The average Bonchev–Trinajstić information content (AvgIpc) is 3.09. The number of rotatable bonds is 2. The van der Waals surface area contributed by atoms with Crippen molar-refractivity contribution >= 4 is 17.2 Å². The first-order valence-corrected chi connectivity index (χ1v) is 7.49. The summed E-state index contributed by atoms with van der Waals surface area (Å²) >= 11 is 5.91. The molecule has 4 heterocycles. The van der Waals surface area contributed by atoms with Crippen molar-refractivity contribution in [3.05, 3.63) is 59.4 Å². The molecule has 0 spiro atoms. The first-order valence-electron chi connectivity index (χ1n) is 7.11. The number of hydrogen-bond donors (Lipinski definition) is 0. The van der Waals surface area contributed by atoms with E-state index >= 15 is 0 Å². The number of fused-ring (bicyclic) bond motifs is 1. The maximum Gasteiger partial charge on any atom is 0.254 e. The third-order valence-corrected chi connectivity index (χ3v) is 3.88. The topological polar surface area (TPSA) is 60.9 Å². The fourth-order valence-electron chi connectivity index (χ4n) is 2.59. The predicted octanol–water partition coefficient (Wildman–Crippen LogP) is 3.25. The summed E-state index contributed by atoms with van der Waals surface area (Å²) in [5.74, 6) is 0.652. The monoisotopic (exact) mass is 324 g/mol. The van der Waals surface area contributed by atoms with Crippen LogP contribution in [0.3, 0.4) is 0 Å². The van der Waals surface area contributed by atoms with Gasteiger partial charge in [-0.1, -0.05) is 11.6 Å². The van der Waals surface area contributed by atoms with Crippen LogP contribution in [0.2, 0.25) is 5.15 Å². The molecule has 6 nitrogen and oxygen atoms in total. The highest BCUT2D eigenvalue weighted by Crippen LogP contribution is 2.20. The second-order valence-electron chi connectivity index (χ2n) is 5.31. The highest BCUT2D eigenvalue weighted by molar-refractivity contribution is 6.29. The molecule has 4 aromatic heterocycles. The summed E-state index contributed by atoms with van der Waals surface area (Å²) < 4.78 is 3.77. The molecule has 4 aromatic rings. The smallest absolute Gasteiger partial charge is 0.254 e. The van der Waals surface area contributed by atoms with Crippen LogP contribution >= 0.6 is 11.6 Å². The van der Waals surface area contributed by atoms with Crippen molar-refractivity contribution in [2.75, 3.05) is 0 Å². The molecule has 0 aliphatic carbocycles. The Labute approximate surface area is 137 Å². The summed E-state index contributed by atoms with van der Waals surface area (Å²) in [6, 6.07) is 7.94. The van der Waals surface area contributed by atoms with E-state index in [0.29, 0.717) is 16.8 Å². The molecule has 0 radical (unpaired) electrons. The van der Waals surface area contributed by atoms with E-state index in [1.165, 1.54) is 6.20 Å². The maximum absolute atomic E-state index is 5.91. The SMILES string of the molecule is Cc1ccc(C)n1-c1nc2cc(-c3cncc(Cl)n3)ccn2n1. The standard InChI is InChI=1S/C16H13ClN6/c1-10-3-4-11(2)23(10)16-20-15-7-12(5-6-22(15)21-16)13-8-18-9-14(17)19-13/h3-9H,1-2H3. The lowest BCUT2D eigenvalue weighted by Gasteiger charge is -2.01. The highest BCUT2D eigenvalue weighted by atomic mass is 35.5. The van der Waals surface area contributed by atoms with Crippen LogP contribution in [-0.4, -0.2) is 29.1 Å². The number of hydrogen-bond acceptors (Lipinski definition) is 4. The number of aromatic nitrogens is 6. The van der Waals surface area contributed by atoms with Gasteiger partial charge in [0.1, 0.15) is 5.15 Å².